The molecule has 1 spiro atoms. The molecule has 0 bridgehead atoms. The molecule has 2 fully saturated rings. The Morgan fingerprint density at radius 3 is 2.73 bits per heavy atom. The largest absolute Gasteiger partial charge is 0.445 e. The predicted molar refractivity (Wildman–Crippen MR) is 82.2 cm³/mol. The number of rotatable bonds is 2. The van der Waals surface area contributed by atoms with Crippen molar-refractivity contribution < 1.29 is 14.3 Å². The maximum atomic E-state index is 12.2. The lowest BCUT2D eigenvalue weighted by molar-refractivity contribution is -0.119. The highest BCUT2D eigenvalue weighted by molar-refractivity contribution is 5.79. The Morgan fingerprint density at radius 2 is 2.00 bits per heavy atom. The number of hydrogen-bond donors (Lipinski definition) is 1. The monoisotopic (exact) mass is 302 g/mol. The first kappa shape index (κ1) is 14.9. The summed E-state index contributed by atoms with van der Waals surface area (Å²) in [6.45, 7) is 1.65. The van der Waals surface area contributed by atoms with Crippen LogP contribution in [-0.2, 0) is 16.1 Å². The van der Waals surface area contributed by atoms with Crippen molar-refractivity contribution in [3.63, 3.8) is 0 Å². The molecule has 2 saturated heterocycles. The quantitative estimate of drug-likeness (QED) is 0.913. The van der Waals surface area contributed by atoms with Crippen LogP contribution in [-0.4, -0.2) is 35.5 Å². The van der Waals surface area contributed by atoms with Crippen molar-refractivity contribution in [3.05, 3.63) is 35.9 Å². The fraction of sp³-hybridized carbons (Fsp3) is 0.529. The van der Waals surface area contributed by atoms with E-state index in [9.17, 15) is 9.59 Å². The first-order valence-corrected chi connectivity index (χ1v) is 7.94. The lowest BCUT2D eigenvalue weighted by Gasteiger charge is -2.27. The van der Waals surface area contributed by atoms with Gasteiger partial charge >= 0.3 is 6.09 Å². The van der Waals surface area contributed by atoms with Crippen molar-refractivity contribution in [3.8, 4) is 0 Å². The third-order valence-corrected chi connectivity index (χ3v) is 4.64. The first-order valence-electron chi connectivity index (χ1n) is 7.94. The summed E-state index contributed by atoms with van der Waals surface area (Å²) in [5, 5.41) is 3.11. The fourth-order valence-corrected chi connectivity index (χ4v) is 3.34. The van der Waals surface area contributed by atoms with Gasteiger partial charge < -0.3 is 15.0 Å². The molecular formula is C17H22N2O3. The number of nitrogens with zero attached hydrogens (tertiary/aromatic N) is 1. The molecule has 5 nitrogen and oxygen atoms in total. The van der Waals surface area contributed by atoms with Gasteiger partial charge in [0, 0.05) is 25.0 Å². The number of benzene rings is 1. The van der Waals surface area contributed by atoms with Gasteiger partial charge in [0.1, 0.15) is 6.61 Å². The molecule has 2 amide bonds. The summed E-state index contributed by atoms with van der Waals surface area (Å²) in [6.07, 6.45) is 3.91. The Kier molecular flexibility index (Phi) is 4.32. The van der Waals surface area contributed by atoms with Crippen LogP contribution in [0, 0.1) is 0 Å². The van der Waals surface area contributed by atoms with Gasteiger partial charge in [0.25, 0.3) is 0 Å². The van der Waals surface area contributed by atoms with E-state index in [2.05, 4.69) is 5.32 Å². The molecule has 1 N–H and O–H groups in total. The Balaban J connectivity index is 1.52. The zero-order valence-electron chi connectivity index (χ0n) is 12.7. The number of hydrogen-bond acceptors (Lipinski definition) is 3. The smallest absolute Gasteiger partial charge is 0.410 e. The second kappa shape index (κ2) is 6.38. The minimum absolute atomic E-state index is 0.0917. The van der Waals surface area contributed by atoms with Gasteiger partial charge in [-0.15, -0.1) is 0 Å². The fourth-order valence-electron chi connectivity index (χ4n) is 3.34. The second-order valence-electron chi connectivity index (χ2n) is 6.21. The summed E-state index contributed by atoms with van der Waals surface area (Å²) in [4.78, 5) is 25.5. The van der Waals surface area contributed by atoms with Crippen LogP contribution in [0.3, 0.4) is 0 Å². The first-order chi connectivity index (χ1) is 10.7. The molecule has 22 heavy (non-hydrogen) atoms. The second-order valence-corrected chi connectivity index (χ2v) is 6.21. The van der Waals surface area contributed by atoms with E-state index in [1.807, 2.05) is 30.3 Å². The van der Waals surface area contributed by atoms with Crippen molar-refractivity contribution in [2.45, 2.75) is 44.2 Å². The highest BCUT2D eigenvalue weighted by Crippen LogP contribution is 2.31. The molecule has 2 heterocycles. The molecule has 0 saturated carbocycles. The van der Waals surface area contributed by atoms with Crippen LogP contribution in [0.5, 0.6) is 0 Å². The summed E-state index contributed by atoms with van der Waals surface area (Å²) >= 11 is 0. The maximum absolute atomic E-state index is 12.2. The number of carbonyl (C=O) groups is 2. The van der Waals surface area contributed by atoms with Gasteiger partial charge in [-0.2, -0.15) is 0 Å². The van der Waals surface area contributed by atoms with Gasteiger partial charge in [-0.05, 0) is 31.2 Å². The molecule has 1 aromatic rings. The number of likely N-dealkylation sites (tertiary alicyclic amines) is 1. The average molecular weight is 302 g/mol. The molecule has 0 aromatic heterocycles. The van der Waals surface area contributed by atoms with Crippen LogP contribution in [0.4, 0.5) is 4.79 Å². The molecule has 0 aliphatic carbocycles. The summed E-state index contributed by atoms with van der Waals surface area (Å²) < 4.78 is 5.39. The van der Waals surface area contributed by atoms with Gasteiger partial charge in [0.05, 0.1) is 0 Å². The van der Waals surface area contributed by atoms with Gasteiger partial charge in [-0.25, -0.2) is 4.79 Å². The molecule has 2 aliphatic rings. The summed E-state index contributed by atoms with van der Waals surface area (Å²) in [5.74, 6) is 0.139. The average Bonchev–Trinajstić information content (AvgIpc) is 2.77. The van der Waals surface area contributed by atoms with Crippen LogP contribution in [0.2, 0.25) is 0 Å². The summed E-state index contributed by atoms with van der Waals surface area (Å²) in [7, 11) is 0. The highest BCUT2D eigenvalue weighted by atomic mass is 16.6. The Labute approximate surface area is 130 Å². The molecule has 2 aliphatic heterocycles. The van der Waals surface area contributed by atoms with Gasteiger partial charge in [0.2, 0.25) is 5.91 Å². The standard InChI is InChI=1S/C17H22N2O3/c20-15-7-9-17(18-15)8-4-11-19(12-10-17)16(21)22-13-14-5-2-1-3-6-14/h1-3,5-6H,4,7-13H2,(H,18,20). The minimum Gasteiger partial charge on any atom is -0.445 e. The maximum Gasteiger partial charge on any atom is 0.410 e. The molecular weight excluding hydrogens is 280 g/mol. The van der Waals surface area contributed by atoms with E-state index < -0.39 is 0 Å². The lowest BCUT2D eigenvalue weighted by atomic mass is 9.89. The SMILES string of the molecule is O=C1CCC2(CCCN(C(=O)OCc3ccccc3)CC2)N1. The predicted octanol–water partition coefficient (Wildman–Crippen LogP) is 2.46. The molecule has 118 valence electrons. The van der Waals surface area contributed by atoms with E-state index in [4.69, 9.17) is 4.74 Å². The molecule has 1 unspecified atom stereocenters. The Morgan fingerprint density at radius 1 is 1.18 bits per heavy atom. The Bertz CT molecular complexity index is 546. The van der Waals surface area contributed by atoms with Gasteiger partial charge in [-0.1, -0.05) is 30.3 Å². The van der Waals surface area contributed by atoms with Crippen molar-refractivity contribution in [2.24, 2.45) is 0 Å². The topological polar surface area (TPSA) is 58.6 Å². The van der Waals surface area contributed by atoms with Crippen LogP contribution in [0.15, 0.2) is 30.3 Å². The number of ether oxygens (including phenoxy) is 1. The van der Waals surface area contributed by atoms with E-state index in [-0.39, 0.29) is 17.5 Å². The van der Waals surface area contributed by atoms with Crippen LogP contribution in [0.1, 0.15) is 37.7 Å². The van der Waals surface area contributed by atoms with Crippen LogP contribution < -0.4 is 5.32 Å². The van der Waals surface area contributed by atoms with Crippen molar-refractivity contribution >= 4 is 12.0 Å². The molecule has 5 heteroatoms. The van der Waals surface area contributed by atoms with Crippen LogP contribution >= 0.6 is 0 Å². The van der Waals surface area contributed by atoms with Gasteiger partial charge in [-0.3, -0.25) is 4.79 Å². The zero-order valence-corrected chi connectivity index (χ0v) is 12.7. The third kappa shape index (κ3) is 3.40. The normalized spacial score (nSPS) is 24.9. The summed E-state index contributed by atoms with van der Waals surface area (Å²) in [5.41, 5.74) is 0.899. The van der Waals surface area contributed by atoms with E-state index in [1.165, 1.54) is 0 Å². The van der Waals surface area contributed by atoms with E-state index in [1.54, 1.807) is 4.90 Å². The summed E-state index contributed by atoms with van der Waals surface area (Å²) in [6, 6.07) is 9.69. The van der Waals surface area contributed by atoms with Crippen molar-refractivity contribution in [1.82, 2.24) is 10.2 Å². The lowest BCUT2D eigenvalue weighted by Crippen LogP contribution is -2.42. The zero-order chi connectivity index (χ0) is 15.4. The molecule has 1 atom stereocenters. The van der Waals surface area contributed by atoms with Gasteiger partial charge in [0.15, 0.2) is 0 Å². The third-order valence-electron chi connectivity index (χ3n) is 4.64. The Hall–Kier alpha value is -2.04. The van der Waals surface area contributed by atoms with E-state index >= 15 is 0 Å². The highest BCUT2D eigenvalue weighted by Gasteiger charge is 2.39. The van der Waals surface area contributed by atoms with Crippen LogP contribution in [0.25, 0.3) is 0 Å². The molecule has 0 radical (unpaired) electrons. The van der Waals surface area contributed by atoms with E-state index in [0.717, 1.165) is 31.2 Å². The van der Waals surface area contributed by atoms with E-state index in [0.29, 0.717) is 26.1 Å². The minimum atomic E-state index is -0.259. The molecule has 3 rings (SSSR count). The molecule has 1 aromatic carbocycles. The van der Waals surface area contributed by atoms with Crippen molar-refractivity contribution in [1.29, 1.82) is 0 Å². The van der Waals surface area contributed by atoms with Crippen molar-refractivity contribution in [2.75, 3.05) is 13.1 Å². The number of amides is 2. The number of carbonyl (C=O) groups excluding carboxylic acids is 2. The number of nitrogens with one attached hydrogen (secondary N) is 1.